The van der Waals surface area contributed by atoms with Gasteiger partial charge < -0.3 is 4.90 Å². The quantitative estimate of drug-likeness (QED) is 0.597. The first-order chi connectivity index (χ1) is 14.9. The lowest BCUT2D eigenvalue weighted by Crippen LogP contribution is -3.05. The van der Waals surface area contributed by atoms with Crippen LogP contribution >= 0.6 is 0 Å². The number of hydrogen-bond donors (Lipinski definition) is 1. The molecule has 2 amide bonds. The van der Waals surface area contributed by atoms with Crippen molar-refractivity contribution in [3.05, 3.63) is 71.8 Å². The summed E-state index contributed by atoms with van der Waals surface area (Å²) in [6, 6.07) is 20.9. The molecule has 1 aliphatic rings. The summed E-state index contributed by atoms with van der Waals surface area (Å²) in [7, 11) is 4.19. The van der Waals surface area contributed by atoms with Gasteiger partial charge in [0, 0.05) is 18.9 Å². The van der Waals surface area contributed by atoms with E-state index in [2.05, 4.69) is 57.4 Å². The van der Waals surface area contributed by atoms with E-state index in [1.54, 1.807) is 0 Å². The molecule has 0 saturated carbocycles. The van der Waals surface area contributed by atoms with Crippen molar-refractivity contribution in [2.45, 2.75) is 44.9 Å². The number of benzene rings is 2. The number of imide groups is 1. The Morgan fingerprint density at radius 3 is 2.03 bits per heavy atom. The predicted octanol–water partition coefficient (Wildman–Crippen LogP) is 3.51. The minimum Gasteiger partial charge on any atom is -0.340 e. The molecule has 0 bridgehead atoms. The Labute approximate surface area is 187 Å². The average molecular weight is 422 g/mol. The van der Waals surface area contributed by atoms with Gasteiger partial charge >= 0.3 is 0 Å². The molecule has 31 heavy (non-hydrogen) atoms. The minimum atomic E-state index is -0.292. The van der Waals surface area contributed by atoms with Crippen LogP contribution in [0, 0.1) is 11.8 Å². The number of hydrogen-bond acceptors (Lipinski definition) is 2. The zero-order chi connectivity index (χ0) is 22.4. The third kappa shape index (κ3) is 5.43. The summed E-state index contributed by atoms with van der Waals surface area (Å²) in [6.45, 7) is 5.63. The monoisotopic (exact) mass is 421 g/mol. The first-order valence-electron chi connectivity index (χ1n) is 11.7. The first kappa shape index (κ1) is 23.2. The highest BCUT2D eigenvalue weighted by molar-refractivity contribution is 6.05. The van der Waals surface area contributed by atoms with Gasteiger partial charge in [0.2, 0.25) is 11.8 Å². The van der Waals surface area contributed by atoms with Crippen LogP contribution in [-0.4, -0.2) is 43.9 Å². The Morgan fingerprint density at radius 1 is 0.903 bits per heavy atom. The Bertz CT molecular complexity index is 850. The zero-order valence-corrected chi connectivity index (χ0v) is 19.4. The molecular weight excluding hydrogens is 384 g/mol. The number of nitrogens with one attached hydrogen (secondary N) is 1. The van der Waals surface area contributed by atoms with Crippen molar-refractivity contribution < 1.29 is 14.5 Å². The topological polar surface area (TPSA) is 41.8 Å². The van der Waals surface area contributed by atoms with E-state index < -0.39 is 0 Å². The largest absolute Gasteiger partial charge is 0.340 e. The second-order valence-electron chi connectivity index (χ2n) is 9.22. The van der Waals surface area contributed by atoms with Gasteiger partial charge in [-0.2, -0.15) is 0 Å². The lowest BCUT2D eigenvalue weighted by atomic mass is 9.73. The molecule has 4 nitrogen and oxygen atoms in total. The maximum Gasteiger partial charge on any atom is 0.233 e. The van der Waals surface area contributed by atoms with Gasteiger partial charge in [0.1, 0.15) is 0 Å². The van der Waals surface area contributed by atoms with Gasteiger partial charge in [0.05, 0.1) is 26.6 Å². The van der Waals surface area contributed by atoms with Crippen molar-refractivity contribution in [2.24, 2.45) is 11.8 Å². The lowest BCUT2D eigenvalue weighted by Gasteiger charge is -2.29. The molecule has 1 saturated heterocycles. The molecule has 1 fully saturated rings. The molecule has 4 heteroatoms. The fourth-order valence-corrected chi connectivity index (χ4v) is 4.99. The minimum absolute atomic E-state index is 0.00236. The third-order valence-electron chi connectivity index (χ3n) is 6.77. The van der Waals surface area contributed by atoms with Crippen LogP contribution in [0.4, 0.5) is 0 Å². The number of likely N-dealkylation sites (tertiary alicyclic amines) is 1. The molecule has 2 aromatic rings. The second kappa shape index (κ2) is 10.7. The Kier molecular flexibility index (Phi) is 8.03. The number of amides is 2. The third-order valence-corrected chi connectivity index (χ3v) is 6.77. The summed E-state index contributed by atoms with van der Waals surface area (Å²) in [6.07, 6.45) is 2.72. The standard InChI is InChI=1S/C27H36N2O2/c1-5-21(22-13-8-6-9-14-22)19-24(23-15-10-7-11-16-23)25-20(2)26(30)29(27(25)31)18-12-17-28(3)4/h6-11,13-16,20-21,24-25H,5,12,17-19H2,1-4H3/p+1/t20?,21-,24?,25?/m1/s1. The van der Waals surface area contributed by atoms with E-state index in [9.17, 15) is 9.59 Å². The van der Waals surface area contributed by atoms with Gasteiger partial charge in [-0.3, -0.25) is 14.5 Å². The van der Waals surface area contributed by atoms with Crippen LogP contribution < -0.4 is 4.90 Å². The molecule has 3 rings (SSSR count). The first-order valence-corrected chi connectivity index (χ1v) is 11.7. The average Bonchev–Trinajstić information content (AvgIpc) is 2.99. The highest BCUT2D eigenvalue weighted by atomic mass is 16.2. The van der Waals surface area contributed by atoms with E-state index in [0.29, 0.717) is 12.5 Å². The van der Waals surface area contributed by atoms with Crippen molar-refractivity contribution in [3.63, 3.8) is 0 Å². The number of carbonyl (C=O) groups is 2. The number of nitrogens with zero attached hydrogens (tertiary/aromatic N) is 1. The summed E-state index contributed by atoms with van der Waals surface area (Å²) in [5.41, 5.74) is 2.47. The molecule has 3 unspecified atom stereocenters. The molecular formula is C27H37N2O2+. The van der Waals surface area contributed by atoms with E-state index >= 15 is 0 Å². The summed E-state index contributed by atoms with van der Waals surface area (Å²) in [5, 5.41) is 0. The van der Waals surface area contributed by atoms with E-state index in [4.69, 9.17) is 0 Å². The fourth-order valence-electron chi connectivity index (χ4n) is 4.99. The van der Waals surface area contributed by atoms with Crippen LogP contribution in [0.2, 0.25) is 0 Å². The smallest absolute Gasteiger partial charge is 0.233 e. The molecule has 0 spiro atoms. The molecule has 0 aromatic heterocycles. The Hall–Kier alpha value is -2.46. The van der Waals surface area contributed by atoms with Crippen LogP contribution in [0.1, 0.15) is 56.1 Å². The van der Waals surface area contributed by atoms with Gasteiger partial charge in [-0.25, -0.2) is 0 Å². The van der Waals surface area contributed by atoms with Gasteiger partial charge in [-0.15, -0.1) is 0 Å². The Morgan fingerprint density at radius 2 is 1.48 bits per heavy atom. The van der Waals surface area contributed by atoms with Gasteiger partial charge in [0.15, 0.2) is 0 Å². The van der Waals surface area contributed by atoms with Crippen molar-refractivity contribution >= 4 is 11.8 Å². The van der Waals surface area contributed by atoms with Crippen LogP contribution in [0.25, 0.3) is 0 Å². The Balaban J connectivity index is 1.88. The van der Waals surface area contributed by atoms with E-state index in [1.807, 2.05) is 31.2 Å². The summed E-state index contributed by atoms with van der Waals surface area (Å²) >= 11 is 0. The summed E-state index contributed by atoms with van der Waals surface area (Å²) in [4.78, 5) is 29.5. The fraction of sp³-hybridized carbons (Fsp3) is 0.481. The van der Waals surface area contributed by atoms with Crippen molar-refractivity contribution in [3.8, 4) is 0 Å². The highest BCUT2D eigenvalue weighted by Crippen LogP contribution is 2.43. The molecule has 4 atom stereocenters. The summed E-state index contributed by atoms with van der Waals surface area (Å²) in [5.74, 6) is -0.173. The lowest BCUT2D eigenvalue weighted by molar-refractivity contribution is -0.858. The van der Waals surface area contributed by atoms with Crippen LogP contribution in [0.5, 0.6) is 0 Å². The molecule has 1 heterocycles. The van der Waals surface area contributed by atoms with E-state index in [1.165, 1.54) is 15.4 Å². The molecule has 1 aliphatic heterocycles. The zero-order valence-electron chi connectivity index (χ0n) is 19.4. The molecule has 0 radical (unpaired) electrons. The van der Waals surface area contributed by atoms with E-state index in [0.717, 1.165) is 31.4 Å². The van der Waals surface area contributed by atoms with Crippen LogP contribution in [0.3, 0.4) is 0 Å². The maximum atomic E-state index is 13.5. The van der Waals surface area contributed by atoms with Crippen LogP contribution in [0.15, 0.2) is 60.7 Å². The number of rotatable bonds is 10. The SMILES string of the molecule is CC[C@H](CC(c1ccccc1)C1C(=O)N(CCC[NH+](C)C)C(=O)C1C)c1ccccc1. The van der Waals surface area contributed by atoms with Crippen molar-refractivity contribution in [1.82, 2.24) is 4.90 Å². The van der Waals surface area contributed by atoms with Gasteiger partial charge in [-0.1, -0.05) is 74.5 Å². The number of carbonyl (C=O) groups excluding carboxylic acids is 2. The predicted molar refractivity (Wildman–Crippen MR) is 125 cm³/mol. The number of quaternary nitrogens is 1. The van der Waals surface area contributed by atoms with E-state index in [-0.39, 0.29) is 29.6 Å². The molecule has 1 N–H and O–H groups in total. The van der Waals surface area contributed by atoms with Gasteiger partial charge in [0.25, 0.3) is 0 Å². The maximum absolute atomic E-state index is 13.5. The second-order valence-corrected chi connectivity index (χ2v) is 9.22. The molecule has 2 aromatic carbocycles. The molecule has 0 aliphatic carbocycles. The summed E-state index contributed by atoms with van der Waals surface area (Å²) < 4.78 is 0. The normalized spacial score (nSPS) is 21.0. The van der Waals surface area contributed by atoms with Crippen LogP contribution in [-0.2, 0) is 9.59 Å². The van der Waals surface area contributed by atoms with Gasteiger partial charge in [-0.05, 0) is 35.8 Å². The van der Waals surface area contributed by atoms with Crippen molar-refractivity contribution in [2.75, 3.05) is 27.2 Å². The van der Waals surface area contributed by atoms with Crippen molar-refractivity contribution in [1.29, 1.82) is 0 Å². The highest BCUT2D eigenvalue weighted by Gasteiger charge is 2.48. The molecule has 166 valence electrons.